The Bertz CT molecular complexity index is 1290. The molecule has 0 spiro atoms. The summed E-state index contributed by atoms with van der Waals surface area (Å²) in [6.07, 6.45) is 2.42. The van der Waals surface area contributed by atoms with Gasteiger partial charge in [-0.25, -0.2) is 0 Å². The summed E-state index contributed by atoms with van der Waals surface area (Å²) in [5, 5.41) is 14.9. The van der Waals surface area contributed by atoms with E-state index in [0.717, 1.165) is 22.0 Å². The fraction of sp³-hybridized carbons (Fsp3) is 0.292. The Labute approximate surface area is 190 Å². The third-order valence-electron chi connectivity index (χ3n) is 5.24. The molecule has 0 saturated carbocycles. The summed E-state index contributed by atoms with van der Waals surface area (Å²) in [5.41, 5.74) is 3.39. The van der Waals surface area contributed by atoms with Crippen LogP contribution < -0.4 is 4.74 Å². The number of hydrogen-bond donors (Lipinski definition) is 1. The van der Waals surface area contributed by atoms with Crippen LogP contribution in [0, 0.1) is 5.92 Å². The Kier molecular flexibility index (Phi) is 5.93. The lowest BCUT2D eigenvalue weighted by Gasteiger charge is -2.11. The number of para-hydroxylation sites is 1. The molecule has 2 heterocycles. The van der Waals surface area contributed by atoms with Crippen LogP contribution in [0.4, 0.5) is 0 Å². The van der Waals surface area contributed by atoms with Gasteiger partial charge in [-0.05, 0) is 50.1 Å². The molecule has 0 aliphatic carbocycles. The van der Waals surface area contributed by atoms with Crippen molar-refractivity contribution in [2.75, 3.05) is 0 Å². The number of fused-ring (bicyclic) bond motifs is 1. The quantitative estimate of drug-likeness (QED) is 0.391. The third-order valence-corrected chi connectivity index (χ3v) is 5.54. The summed E-state index contributed by atoms with van der Waals surface area (Å²) < 4.78 is 13.2. The van der Waals surface area contributed by atoms with Crippen molar-refractivity contribution in [1.29, 1.82) is 0 Å². The molecule has 166 valence electrons. The van der Waals surface area contributed by atoms with Gasteiger partial charge in [0.1, 0.15) is 5.75 Å². The summed E-state index contributed by atoms with van der Waals surface area (Å²) in [6, 6.07) is 11.2. The zero-order chi connectivity index (χ0) is 23.0. The number of aromatic nitrogens is 3. The van der Waals surface area contributed by atoms with E-state index in [0.29, 0.717) is 34.5 Å². The molecule has 0 saturated heterocycles. The van der Waals surface area contributed by atoms with Gasteiger partial charge in [0.15, 0.2) is 0 Å². The normalized spacial score (nSPS) is 12.4. The van der Waals surface area contributed by atoms with E-state index in [4.69, 9.17) is 20.9 Å². The number of rotatable bonds is 7. The molecule has 0 radical (unpaired) electrons. The molecule has 2 aromatic carbocycles. The average molecular weight is 454 g/mol. The highest BCUT2D eigenvalue weighted by Crippen LogP contribution is 2.34. The Morgan fingerprint density at radius 1 is 1.25 bits per heavy atom. The molecular weight excluding hydrogens is 430 g/mol. The number of hydrogen-bond acceptors (Lipinski definition) is 5. The number of aryl methyl sites for hydroxylation is 1. The van der Waals surface area contributed by atoms with Gasteiger partial charge < -0.3 is 18.9 Å². The van der Waals surface area contributed by atoms with Gasteiger partial charge in [-0.1, -0.05) is 35.8 Å². The average Bonchev–Trinajstić information content (AvgIpc) is 3.35. The second-order valence-corrected chi connectivity index (χ2v) is 8.55. The van der Waals surface area contributed by atoms with E-state index >= 15 is 0 Å². The van der Waals surface area contributed by atoms with Crippen molar-refractivity contribution < 1.29 is 19.2 Å². The van der Waals surface area contributed by atoms with Crippen LogP contribution in [-0.4, -0.2) is 31.9 Å². The Morgan fingerprint density at radius 3 is 2.72 bits per heavy atom. The summed E-state index contributed by atoms with van der Waals surface area (Å²) in [5.74, 6) is 0.104. The first kappa shape index (κ1) is 21.9. The third kappa shape index (κ3) is 4.21. The van der Waals surface area contributed by atoms with Gasteiger partial charge in [-0.2, -0.15) is 4.98 Å². The molecule has 4 aromatic rings. The lowest BCUT2D eigenvalue weighted by molar-refractivity contribution is -0.141. The van der Waals surface area contributed by atoms with Crippen LogP contribution in [0.5, 0.6) is 5.75 Å². The van der Waals surface area contributed by atoms with Crippen molar-refractivity contribution in [3.63, 3.8) is 0 Å². The summed E-state index contributed by atoms with van der Waals surface area (Å²) >= 11 is 6.35. The van der Waals surface area contributed by atoms with Gasteiger partial charge in [0.25, 0.3) is 5.89 Å². The Morgan fingerprint density at radius 2 is 2.03 bits per heavy atom. The monoisotopic (exact) mass is 453 g/mol. The first-order chi connectivity index (χ1) is 15.2. The molecule has 8 heteroatoms. The first-order valence-corrected chi connectivity index (χ1v) is 10.7. The minimum atomic E-state index is -0.815. The number of carboxylic acid groups (broad SMARTS) is 1. The van der Waals surface area contributed by atoms with Crippen LogP contribution in [0.3, 0.4) is 0 Å². The lowest BCUT2D eigenvalue weighted by atomic mass is 10.00. The topological polar surface area (TPSA) is 90.4 Å². The minimum Gasteiger partial charge on any atom is -0.489 e. The zero-order valence-electron chi connectivity index (χ0n) is 18.3. The highest BCUT2D eigenvalue weighted by atomic mass is 35.5. The molecule has 1 atom stereocenters. The zero-order valence-corrected chi connectivity index (χ0v) is 19.1. The highest BCUT2D eigenvalue weighted by molar-refractivity contribution is 6.32. The number of nitrogens with zero attached hydrogens (tertiary/aromatic N) is 3. The smallest absolute Gasteiger partial charge is 0.306 e. The minimum absolute atomic E-state index is 0.0162. The number of carboxylic acids is 1. The van der Waals surface area contributed by atoms with Crippen molar-refractivity contribution >= 4 is 28.5 Å². The van der Waals surface area contributed by atoms with Crippen LogP contribution in [0.15, 0.2) is 47.1 Å². The van der Waals surface area contributed by atoms with Crippen LogP contribution >= 0.6 is 11.6 Å². The highest BCUT2D eigenvalue weighted by Gasteiger charge is 2.20. The maximum atomic E-state index is 11.3. The van der Waals surface area contributed by atoms with Gasteiger partial charge in [-0.3, -0.25) is 4.79 Å². The first-order valence-electron chi connectivity index (χ1n) is 10.3. The van der Waals surface area contributed by atoms with Crippen molar-refractivity contribution in [3.8, 4) is 28.6 Å². The van der Waals surface area contributed by atoms with Gasteiger partial charge in [-0.15, -0.1) is 0 Å². The number of halogens is 1. The van der Waals surface area contributed by atoms with Crippen molar-refractivity contribution in [3.05, 3.63) is 53.2 Å². The van der Waals surface area contributed by atoms with Gasteiger partial charge in [0.05, 0.1) is 22.6 Å². The Balaban J connectivity index is 1.70. The van der Waals surface area contributed by atoms with Crippen LogP contribution in [-0.2, 0) is 18.3 Å². The standard InChI is InChI=1S/C24H24ClN3O4/c1-13(2)31-20-9-8-15(11-19(20)25)23-26-22(27-32-23)18-7-5-6-17-16(10-14(3)24(29)30)12-28(4)21(17)18/h5-9,11-14H,10H2,1-4H3,(H,29,30)/t14-/m1/s1. The van der Waals surface area contributed by atoms with E-state index < -0.39 is 11.9 Å². The number of benzene rings is 2. The van der Waals surface area contributed by atoms with Crippen molar-refractivity contribution in [1.82, 2.24) is 14.7 Å². The molecular formula is C24H24ClN3O4. The molecule has 7 nitrogen and oxygen atoms in total. The van der Waals surface area contributed by atoms with Gasteiger partial charge in [0, 0.05) is 29.8 Å². The molecule has 0 aliphatic heterocycles. The van der Waals surface area contributed by atoms with Gasteiger partial charge in [0.2, 0.25) is 5.82 Å². The molecule has 32 heavy (non-hydrogen) atoms. The lowest BCUT2D eigenvalue weighted by Crippen LogP contribution is -2.11. The van der Waals surface area contributed by atoms with E-state index in [1.165, 1.54) is 0 Å². The molecule has 2 aromatic heterocycles. The van der Waals surface area contributed by atoms with E-state index in [9.17, 15) is 9.90 Å². The summed E-state index contributed by atoms with van der Waals surface area (Å²) in [7, 11) is 1.93. The molecule has 1 N–H and O–H groups in total. The molecule has 0 amide bonds. The van der Waals surface area contributed by atoms with Crippen LogP contribution in [0.25, 0.3) is 33.7 Å². The number of aliphatic carboxylic acids is 1. The van der Waals surface area contributed by atoms with E-state index in [2.05, 4.69) is 10.1 Å². The number of ether oxygens (including phenoxy) is 1. The van der Waals surface area contributed by atoms with Crippen LogP contribution in [0.2, 0.25) is 5.02 Å². The van der Waals surface area contributed by atoms with Crippen molar-refractivity contribution in [2.24, 2.45) is 13.0 Å². The number of carbonyl (C=O) groups is 1. The predicted octanol–water partition coefficient (Wildman–Crippen LogP) is 5.60. The van der Waals surface area contributed by atoms with E-state index in [1.807, 2.05) is 55.9 Å². The fourth-order valence-electron chi connectivity index (χ4n) is 3.74. The fourth-order valence-corrected chi connectivity index (χ4v) is 3.97. The maximum Gasteiger partial charge on any atom is 0.306 e. The summed E-state index contributed by atoms with van der Waals surface area (Å²) in [4.78, 5) is 15.9. The Hall–Kier alpha value is -3.32. The second kappa shape index (κ2) is 8.67. The molecule has 0 fully saturated rings. The largest absolute Gasteiger partial charge is 0.489 e. The maximum absolute atomic E-state index is 11.3. The van der Waals surface area contributed by atoms with Crippen LogP contribution in [0.1, 0.15) is 26.3 Å². The second-order valence-electron chi connectivity index (χ2n) is 8.15. The van der Waals surface area contributed by atoms with E-state index in [1.54, 1.807) is 19.1 Å². The van der Waals surface area contributed by atoms with E-state index in [-0.39, 0.29) is 6.10 Å². The summed E-state index contributed by atoms with van der Waals surface area (Å²) in [6.45, 7) is 5.58. The van der Waals surface area contributed by atoms with Gasteiger partial charge >= 0.3 is 5.97 Å². The SMILES string of the molecule is CC(C)Oc1ccc(-c2nc(-c3cccc4c(C[C@@H](C)C(=O)O)cn(C)c34)no2)cc1Cl. The van der Waals surface area contributed by atoms with Crippen molar-refractivity contribution in [2.45, 2.75) is 33.3 Å². The molecule has 0 unspecified atom stereocenters. The molecule has 4 rings (SSSR count). The molecule has 0 bridgehead atoms. The predicted molar refractivity (Wildman–Crippen MR) is 123 cm³/mol. The molecule has 0 aliphatic rings.